The largest absolute Gasteiger partial charge is 0.393 e. The van der Waals surface area contributed by atoms with E-state index in [9.17, 15) is 5.11 Å². The lowest BCUT2D eigenvalue weighted by Gasteiger charge is -2.34. The molecule has 2 rings (SSSR count). The van der Waals surface area contributed by atoms with Crippen LogP contribution >= 0.6 is 0 Å². The number of aliphatic hydroxyl groups excluding tert-OH is 1. The molecule has 0 radical (unpaired) electrons. The van der Waals surface area contributed by atoms with Crippen molar-refractivity contribution in [3.05, 3.63) is 17.6 Å². The van der Waals surface area contributed by atoms with Gasteiger partial charge in [0.05, 0.1) is 18.4 Å². The summed E-state index contributed by atoms with van der Waals surface area (Å²) >= 11 is 0. The standard InChI is InChI=1S/C17H29N3O2/c1-12(21)13-6-8-20(9-7-13)15-10-14(11-22-5)18-16(19-15)17(2,3)4/h10,12-13,21H,6-9,11H2,1-5H3. The molecule has 1 unspecified atom stereocenters. The molecule has 22 heavy (non-hydrogen) atoms. The van der Waals surface area contributed by atoms with Gasteiger partial charge in [0.2, 0.25) is 0 Å². The smallest absolute Gasteiger partial charge is 0.136 e. The summed E-state index contributed by atoms with van der Waals surface area (Å²) in [7, 11) is 1.69. The molecule has 2 heterocycles. The van der Waals surface area contributed by atoms with Crippen LogP contribution in [-0.4, -0.2) is 41.4 Å². The number of rotatable bonds is 4. The van der Waals surface area contributed by atoms with E-state index in [1.165, 1.54) is 0 Å². The molecule has 0 amide bonds. The highest BCUT2D eigenvalue weighted by Crippen LogP contribution is 2.27. The Kier molecular flexibility index (Phi) is 5.40. The first-order valence-electron chi connectivity index (χ1n) is 8.11. The lowest BCUT2D eigenvalue weighted by molar-refractivity contribution is 0.109. The molecule has 0 aromatic carbocycles. The molecule has 1 saturated heterocycles. The molecule has 0 aliphatic carbocycles. The van der Waals surface area contributed by atoms with Crippen LogP contribution in [0.2, 0.25) is 0 Å². The Morgan fingerprint density at radius 1 is 1.32 bits per heavy atom. The first-order valence-corrected chi connectivity index (χ1v) is 8.11. The van der Waals surface area contributed by atoms with Crippen LogP contribution < -0.4 is 4.90 Å². The van der Waals surface area contributed by atoms with Gasteiger partial charge in [-0.2, -0.15) is 0 Å². The Labute approximate surface area is 133 Å². The van der Waals surface area contributed by atoms with Crippen molar-refractivity contribution in [1.29, 1.82) is 0 Å². The van der Waals surface area contributed by atoms with Crippen LogP contribution in [0.3, 0.4) is 0 Å². The van der Waals surface area contributed by atoms with Crippen LogP contribution in [0.25, 0.3) is 0 Å². The molecule has 5 nitrogen and oxygen atoms in total. The van der Waals surface area contributed by atoms with Crippen molar-refractivity contribution in [1.82, 2.24) is 9.97 Å². The van der Waals surface area contributed by atoms with Gasteiger partial charge >= 0.3 is 0 Å². The number of methoxy groups -OCH3 is 1. The number of nitrogens with zero attached hydrogens (tertiary/aromatic N) is 3. The summed E-state index contributed by atoms with van der Waals surface area (Å²) in [5.74, 6) is 2.24. The van der Waals surface area contributed by atoms with Crippen LogP contribution in [0.1, 0.15) is 52.1 Å². The molecule has 0 saturated carbocycles. The monoisotopic (exact) mass is 307 g/mol. The second kappa shape index (κ2) is 6.92. The summed E-state index contributed by atoms with van der Waals surface area (Å²) < 4.78 is 5.24. The zero-order valence-electron chi connectivity index (χ0n) is 14.5. The maximum absolute atomic E-state index is 9.74. The minimum absolute atomic E-state index is 0.0869. The highest BCUT2D eigenvalue weighted by atomic mass is 16.5. The quantitative estimate of drug-likeness (QED) is 0.926. The topological polar surface area (TPSA) is 58.5 Å². The van der Waals surface area contributed by atoms with E-state index in [-0.39, 0.29) is 11.5 Å². The summed E-state index contributed by atoms with van der Waals surface area (Å²) in [5.41, 5.74) is 0.839. The summed E-state index contributed by atoms with van der Waals surface area (Å²) in [6, 6.07) is 2.03. The van der Waals surface area contributed by atoms with Crippen molar-refractivity contribution < 1.29 is 9.84 Å². The molecular weight excluding hydrogens is 278 g/mol. The third-order valence-corrected chi connectivity index (χ3v) is 4.27. The van der Waals surface area contributed by atoms with Gasteiger partial charge in [0.15, 0.2) is 0 Å². The average molecular weight is 307 g/mol. The summed E-state index contributed by atoms with van der Waals surface area (Å²) in [4.78, 5) is 11.7. The molecule has 1 aromatic heterocycles. The average Bonchev–Trinajstić information content (AvgIpc) is 2.46. The Bertz CT molecular complexity index is 489. The molecule has 1 aliphatic heterocycles. The number of aliphatic hydroxyl groups is 1. The maximum Gasteiger partial charge on any atom is 0.136 e. The lowest BCUT2D eigenvalue weighted by Crippen LogP contribution is -2.38. The van der Waals surface area contributed by atoms with Gasteiger partial charge in [0.25, 0.3) is 0 Å². The third-order valence-electron chi connectivity index (χ3n) is 4.27. The van der Waals surface area contributed by atoms with Crippen molar-refractivity contribution in [2.24, 2.45) is 5.92 Å². The molecule has 1 aromatic rings. The van der Waals surface area contributed by atoms with Crippen LogP contribution in [-0.2, 0) is 16.8 Å². The number of aromatic nitrogens is 2. The van der Waals surface area contributed by atoms with Crippen molar-refractivity contribution in [3.8, 4) is 0 Å². The van der Waals surface area contributed by atoms with E-state index in [1.807, 2.05) is 13.0 Å². The number of ether oxygens (including phenoxy) is 1. The van der Waals surface area contributed by atoms with Crippen molar-refractivity contribution in [2.75, 3.05) is 25.1 Å². The zero-order valence-corrected chi connectivity index (χ0v) is 14.5. The van der Waals surface area contributed by atoms with Gasteiger partial charge in [-0.25, -0.2) is 9.97 Å². The Balaban J connectivity index is 2.21. The summed E-state index contributed by atoms with van der Waals surface area (Å²) in [5, 5.41) is 9.74. The minimum Gasteiger partial charge on any atom is -0.393 e. The fraction of sp³-hybridized carbons (Fsp3) is 0.765. The Hall–Kier alpha value is -1.20. The number of piperidine rings is 1. The normalized spacial score (nSPS) is 18.5. The molecule has 0 spiro atoms. The van der Waals surface area contributed by atoms with Gasteiger partial charge in [-0.1, -0.05) is 20.8 Å². The van der Waals surface area contributed by atoms with Crippen LogP contribution in [0.4, 0.5) is 5.82 Å². The zero-order chi connectivity index (χ0) is 16.3. The summed E-state index contributed by atoms with van der Waals surface area (Å²) in [6.45, 7) is 10.6. The number of hydrogen-bond donors (Lipinski definition) is 1. The van der Waals surface area contributed by atoms with E-state index < -0.39 is 0 Å². The molecule has 1 fully saturated rings. The van der Waals surface area contributed by atoms with E-state index in [4.69, 9.17) is 9.72 Å². The molecular formula is C17H29N3O2. The summed E-state index contributed by atoms with van der Waals surface area (Å²) in [6.07, 6.45) is 1.79. The lowest BCUT2D eigenvalue weighted by atomic mass is 9.92. The Morgan fingerprint density at radius 2 is 1.95 bits per heavy atom. The Morgan fingerprint density at radius 3 is 2.45 bits per heavy atom. The second-order valence-electron chi connectivity index (χ2n) is 7.29. The van der Waals surface area contributed by atoms with Crippen LogP contribution in [0, 0.1) is 5.92 Å². The molecule has 5 heteroatoms. The first-order chi connectivity index (χ1) is 10.3. The molecule has 0 bridgehead atoms. The predicted octanol–water partition coefficient (Wildman–Crippen LogP) is 2.52. The van der Waals surface area contributed by atoms with Gasteiger partial charge in [0, 0.05) is 31.7 Å². The maximum atomic E-state index is 9.74. The van der Waals surface area contributed by atoms with E-state index in [1.54, 1.807) is 7.11 Å². The highest BCUT2D eigenvalue weighted by molar-refractivity contribution is 5.41. The SMILES string of the molecule is COCc1cc(N2CCC(C(C)O)CC2)nc(C(C)(C)C)n1. The molecule has 1 atom stereocenters. The van der Waals surface area contributed by atoms with Crippen molar-refractivity contribution in [3.63, 3.8) is 0 Å². The fourth-order valence-corrected chi connectivity index (χ4v) is 2.81. The van der Waals surface area contributed by atoms with Crippen LogP contribution in [0.15, 0.2) is 6.07 Å². The van der Waals surface area contributed by atoms with Crippen molar-refractivity contribution in [2.45, 2.75) is 58.7 Å². The minimum atomic E-state index is -0.221. The van der Waals surface area contributed by atoms with E-state index in [0.717, 1.165) is 43.3 Å². The fourth-order valence-electron chi connectivity index (χ4n) is 2.81. The van der Waals surface area contributed by atoms with Crippen LogP contribution in [0.5, 0.6) is 0 Å². The van der Waals surface area contributed by atoms with Gasteiger partial charge in [0.1, 0.15) is 11.6 Å². The third kappa shape index (κ3) is 4.17. The molecule has 124 valence electrons. The van der Waals surface area contributed by atoms with Gasteiger partial charge in [-0.15, -0.1) is 0 Å². The molecule has 1 N–H and O–H groups in total. The number of hydrogen-bond acceptors (Lipinski definition) is 5. The van der Waals surface area contributed by atoms with E-state index in [2.05, 4.69) is 30.7 Å². The van der Waals surface area contributed by atoms with Gasteiger partial charge in [-0.05, 0) is 25.7 Å². The second-order valence-corrected chi connectivity index (χ2v) is 7.29. The number of anilines is 1. The first kappa shape index (κ1) is 17.2. The van der Waals surface area contributed by atoms with E-state index in [0.29, 0.717) is 12.5 Å². The van der Waals surface area contributed by atoms with Crippen molar-refractivity contribution >= 4 is 5.82 Å². The van der Waals surface area contributed by atoms with Gasteiger partial charge < -0.3 is 14.7 Å². The van der Waals surface area contributed by atoms with E-state index >= 15 is 0 Å². The molecule has 1 aliphatic rings. The highest BCUT2D eigenvalue weighted by Gasteiger charge is 2.25. The van der Waals surface area contributed by atoms with Gasteiger partial charge in [-0.3, -0.25) is 0 Å². The predicted molar refractivity (Wildman–Crippen MR) is 88.1 cm³/mol.